The molecule has 34 heavy (non-hydrogen) atoms. The van der Waals surface area contributed by atoms with Crippen molar-refractivity contribution in [1.82, 2.24) is 19.8 Å². The SMILES string of the molecule is O=C(NCc1ccccc1Cl)C1CCN(C(=O)c2ncn3c2CO[C@H](c2ccccc2)C3)CC1. The fraction of sp³-hybridized carbons (Fsp3) is 0.346. The number of aromatic nitrogens is 2. The van der Waals surface area contributed by atoms with Crippen LogP contribution < -0.4 is 5.32 Å². The van der Waals surface area contributed by atoms with E-state index in [1.807, 2.05) is 59.2 Å². The average molecular weight is 479 g/mol. The van der Waals surface area contributed by atoms with Crippen LogP contribution in [0.4, 0.5) is 0 Å². The highest BCUT2D eigenvalue weighted by molar-refractivity contribution is 6.31. The number of carbonyl (C=O) groups excluding carboxylic acids is 2. The van der Waals surface area contributed by atoms with Crippen LogP contribution in [0.15, 0.2) is 60.9 Å². The minimum absolute atomic E-state index is 0.00624. The van der Waals surface area contributed by atoms with E-state index in [0.717, 1.165) is 16.8 Å². The number of fused-ring (bicyclic) bond motifs is 1. The molecule has 2 aliphatic rings. The summed E-state index contributed by atoms with van der Waals surface area (Å²) in [6, 6.07) is 17.6. The summed E-state index contributed by atoms with van der Waals surface area (Å²) >= 11 is 6.17. The van der Waals surface area contributed by atoms with Gasteiger partial charge in [-0.3, -0.25) is 9.59 Å². The van der Waals surface area contributed by atoms with Gasteiger partial charge in [0.15, 0.2) is 5.69 Å². The van der Waals surface area contributed by atoms with Gasteiger partial charge in [-0.2, -0.15) is 0 Å². The predicted octanol–water partition coefficient (Wildman–Crippen LogP) is 3.98. The fourth-order valence-corrected chi connectivity index (χ4v) is 4.84. The molecule has 0 unspecified atom stereocenters. The molecular formula is C26H27ClN4O3. The van der Waals surface area contributed by atoms with Crippen LogP contribution in [0.1, 0.15) is 46.3 Å². The van der Waals surface area contributed by atoms with Crippen LogP contribution >= 0.6 is 11.6 Å². The van der Waals surface area contributed by atoms with Gasteiger partial charge in [-0.05, 0) is 30.0 Å². The third-order valence-electron chi connectivity index (χ3n) is 6.67. The second-order valence-corrected chi connectivity index (χ2v) is 9.19. The molecule has 1 N–H and O–H groups in total. The zero-order chi connectivity index (χ0) is 23.5. The smallest absolute Gasteiger partial charge is 0.274 e. The molecule has 0 bridgehead atoms. The molecule has 2 amide bonds. The molecule has 0 saturated carbocycles. The van der Waals surface area contributed by atoms with Crippen LogP contribution in [0, 0.1) is 5.92 Å². The van der Waals surface area contributed by atoms with Gasteiger partial charge in [0.25, 0.3) is 5.91 Å². The van der Waals surface area contributed by atoms with E-state index in [9.17, 15) is 9.59 Å². The summed E-state index contributed by atoms with van der Waals surface area (Å²) in [5.41, 5.74) is 3.28. The quantitative estimate of drug-likeness (QED) is 0.602. The molecule has 0 radical (unpaired) electrons. The summed E-state index contributed by atoms with van der Waals surface area (Å²) in [5, 5.41) is 3.62. The summed E-state index contributed by atoms with van der Waals surface area (Å²) in [5.74, 6) is -0.199. The van der Waals surface area contributed by atoms with Crippen LogP contribution in [0.2, 0.25) is 5.02 Å². The number of nitrogens with zero attached hydrogens (tertiary/aromatic N) is 3. The molecule has 1 saturated heterocycles. The summed E-state index contributed by atoms with van der Waals surface area (Å²) < 4.78 is 8.07. The van der Waals surface area contributed by atoms with E-state index in [2.05, 4.69) is 10.3 Å². The summed E-state index contributed by atoms with van der Waals surface area (Å²) in [4.78, 5) is 32.0. The number of ether oxygens (including phenoxy) is 1. The molecule has 3 aromatic rings. The van der Waals surface area contributed by atoms with Crippen LogP contribution in [-0.4, -0.2) is 39.4 Å². The highest BCUT2D eigenvalue weighted by atomic mass is 35.5. The summed E-state index contributed by atoms with van der Waals surface area (Å²) in [7, 11) is 0. The molecule has 0 aliphatic carbocycles. The van der Waals surface area contributed by atoms with Crippen molar-refractivity contribution in [3.05, 3.63) is 88.5 Å². The minimum atomic E-state index is -0.114. The number of halogens is 1. The molecule has 1 atom stereocenters. The second kappa shape index (κ2) is 9.99. The second-order valence-electron chi connectivity index (χ2n) is 8.78. The van der Waals surface area contributed by atoms with E-state index >= 15 is 0 Å². The minimum Gasteiger partial charge on any atom is -0.365 e. The number of amides is 2. The molecule has 7 nitrogen and oxygen atoms in total. The number of hydrogen-bond acceptors (Lipinski definition) is 4. The lowest BCUT2D eigenvalue weighted by molar-refractivity contribution is -0.126. The number of nitrogens with one attached hydrogen (secondary N) is 1. The fourth-order valence-electron chi connectivity index (χ4n) is 4.64. The van der Waals surface area contributed by atoms with E-state index in [0.29, 0.717) is 56.3 Å². The van der Waals surface area contributed by atoms with Crippen molar-refractivity contribution in [2.45, 2.75) is 38.6 Å². The topological polar surface area (TPSA) is 76.5 Å². The molecule has 1 aromatic heterocycles. The first-order valence-corrected chi connectivity index (χ1v) is 12.0. The van der Waals surface area contributed by atoms with Gasteiger partial charge < -0.3 is 19.5 Å². The average Bonchev–Trinajstić information content (AvgIpc) is 3.31. The summed E-state index contributed by atoms with van der Waals surface area (Å²) in [6.45, 7) is 2.45. The first kappa shape index (κ1) is 22.6. The monoisotopic (exact) mass is 478 g/mol. The maximum atomic E-state index is 13.2. The Morgan fingerprint density at radius 3 is 2.56 bits per heavy atom. The number of hydrogen-bond donors (Lipinski definition) is 1. The molecule has 5 rings (SSSR count). The Labute approximate surface area is 203 Å². The zero-order valence-electron chi connectivity index (χ0n) is 18.8. The van der Waals surface area contributed by atoms with Gasteiger partial charge in [-0.15, -0.1) is 0 Å². The lowest BCUT2D eigenvalue weighted by Crippen LogP contribution is -2.43. The van der Waals surface area contributed by atoms with E-state index in [-0.39, 0.29) is 23.8 Å². The Morgan fingerprint density at radius 2 is 1.79 bits per heavy atom. The van der Waals surface area contributed by atoms with Crippen LogP contribution in [0.25, 0.3) is 0 Å². The highest BCUT2D eigenvalue weighted by Gasteiger charge is 2.32. The lowest BCUT2D eigenvalue weighted by atomic mass is 9.95. The van der Waals surface area contributed by atoms with Gasteiger partial charge in [0.2, 0.25) is 5.91 Å². The maximum Gasteiger partial charge on any atom is 0.274 e. The molecule has 3 heterocycles. The van der Waals surface area contributed by atoms with Gasteiger partial charge in [0.05, 0.1) is 25.2 Å². The first-order valence-electron chi connectivity index (χ1n) is 11.6. The zero-order valence-corrected chi connectivity index (χ0v) is 19.6. The Balaban J connectivity index is 1.16. The van der Waals surface area contributed by atoms with E-state index < -0.39 is 0 Å². The Hall–Kier alpha value is -3.16. The molecular weight excluding hydrogens is 452 g/mol. The number of benzene rings is 2. The van der Waals surface area contributed by atoms with E-state index in [1.165, 1.54) is 0 Å². The highest BCUT2D eigenvalue weighted by Crippen LogP contribution is 2.29. The predicted molar refractivity (Wildman–Crippen MR) is 128 cm³/mol. The maximum absolute atomic E-state index is 13.2. The van der Waals surface area contributed by atoms with Gasteiger partial charge in [-0.1, -0.05) is 60.1 Å². The molecule has 2 aromatic carbocycles. The molecule has 1 fully saturated rings. The number of carbonyl (C=O) groups is 2. The van der Waals surface area contributed by atoms with Gasteiger partial charge >= 0.3 is 0 Å². The van der Waals surface area contributed by atoms with Crippen molar-refractivity contribution >= 4 is 23.4 Å². The molecule has 8 heteroatoms. The van der Waals surface area contributed by atoms with Crippen molar-refractivity contribution in [2.75, 3.05) is 13.1 Å². The van der Waals surface area contributed by atoms with Crippen molar-refractivity contribution in [1.29, 1.82) is 0 Å². The number of piperidine rings is 1. The largest absolute Gasteiger partial charge is 0.365 e. The third kappa shape index (κ3) is 4.72. The van der Waals surface area contributed by atoms with Crippen LogP contribution in [-0.2, 0) is 29.2 Å². The molecule has 176 valence electrons. The Kier molecular flexibility index (Phi) is 6.65. The van der Waals surface area contributed by atoms with E-state index in [4.69, 9.17) is 16.3 Å². The normalized spacial score (nSPS) is 18.4. The molecule has 0 spiro atoms. The Morgan fingerprint density at radius 1 is 1.06 bits per heavy atom. The van der Waals surface area contributed by atoms with E-state index in [1.54, 1.807) is 11.2 Å². The van der Waals surface area contributed by atoms with Crippen LogP contribution in [0.3, 0.4) is 0 Å². The number of likely N-dealkylation sites (tertiary alicyclic amines) is 1. The van der Waals surface area contributed by atoms with Crippen molar-refractivity contribution in [3.8, 4) is 0 Å². The van der Waals surface area contributed by atoms with Crippen LogP contribution in [0.5, 0.6) is 0 Å². The summed E-state index contributed by atoms with van der Waals surface area (Å²) in [6.07, 6.45) is 2.94. The van der Waals surface area contributed by atoms with Gasteiger partial charge in [0, 0.05) is 30.6 Å². The number of imidazole rings is 1. The lowest BCUT2D eigenvalue weighted by Gasteiger charge is -2.31. The third-order valence-corrected chi connectivity index (χ3v) is 7.04. The Bertz CT molecular complexity index is 1170. The molecule has 2 aliphatic heterocycles. The van der Waals surface area contributed by atoms with Gasteiger partial charge in [-0.25, -0.2) is 4.98 Å². The van der Waals surface area contributed by atoms with Crippen molar-refractivity contribution in [2.24, 2.45) is 5.92 Å². The first-order chi connectivity index (χ1) is 16.6. The van der Waals surface area contributed by atoms with Crippen molar-refractivity contribution in [3.63, 3.8) is 0 Å². The van der Waals surface area contributed by atoms with Crippen molar-refractivity contribution < 1.29 is 14.3 Å². The standard InChI is InChI=1S/C26H27ClN4O3/c27-21-9-5-4-8-20(21)14-28-25(32)19-10-12-30(13-11-19)26(33)24-22-16-34-23(15-31(22)17-29-24)18-6-2-1-3-7-18/h1-9,17,19,23H,10-16H2,(H,28,32)/t23-/m0/s1. The number of rotatable bonds is 5. The van der Waals surface area contributed by atoms with Gasteiger partial charge in [0.1, 0.15) is 6.10 Å².